The van der Waals surface area contributed by atoms with Gasteiger partial charge >= 0.3 is 5.97 Å². The Morgan fingerprint density at radius 2 is 1.90 bits per heavy atom. The number of ether oxygens (including phenoxy) is 1. The lowest BCUT2D eigenvalue weighted by Crippen LogP contribution is -2.24. The van der Waals surface area contributed by atoms with Crippen molar-refractivity contribution >= 4 is 17.4 Å². The molecule has 114 valence electrons. The number of fused-ring (bicyclic) bond motifs is 1. The van der Waals surface area contributed by atoms with Crippen molar-refractivity contribution < 1.29 is 9.53 Å². The molecule has 0 spiro atoms. The topological polar surface area (TPSA) is 29.5 Å². The first kappa shape index (κ1) is 15.6. The SMILES string of the molecule is CCCN(CCC)c1ccc2c(c1)C(OC(C)=O)=C(C)C2. The second-order valence-corrected chi connectivity index (χ2v) is 5.71. The van der Waals surface area contributed by atoms with Crippen LogP contribution in [-0.2, 0) is 16.0 Å². The first-order chi connectivity index (χ1) is 10.1. The third-order valence-electron chi connectivity index (χ3n) is 3.78. The molecule has 0 bridgehead atoms. The minimum atomic E-state index is -0.249. The molecule has 3 heteroatoms. The molecule has 0 aromatic heterocycles. The summed E-state index contributed by atoms with van der Waals surface area (Å²) >= 11 is 0. The summed E-state index contributed by atoms with van der Waals surface area (Å²) < 4.78 is 5.43. The molecule has 0 saturated heterocycles. The predicted molar refractivity (Wildman–Crippen MR) is 87.3 cm³/mol. The average Bonchev–Trinajstić information content (AvgIpc) is 2.74. The molecule has 0 atom stereocenters. The molecule has 21 heavy (non-hydrogen) atoms. The van der Waals surface area contributed by atoms with Crippen LogP contribution in [0.1, 0.15) is 51.7 Å². The van der Waals surface area contributed by atoms with Crippen LogP contribution in [-0.4, -0.2) is 19.1 Å². The molecule has 1 aliphatic rings. The van der Waals surface area contributed by atoms with Gasteiger partial charge in [-0.1, -0.05) is 19.9 Å². The standard InChI is InChI=1S/C18H25NO2/c1-5-9-19(10-6-2)16-8-7-15-11-13(3)18(17(15)12-16)21-14(4)20/h7-8,12H,5-6,9-11H2,1-4H3. The van der Waals surface area contributed by atoms with Gasteiger partial charge in [0, 0.05) is 31.3 Å². The van der Waals surface area contributed by atoms with E-state index in [0.29, 0.717) is 0 Å². The number of rotatable bonds is 6. The lowest BCUT2D eigenvalue weighted by Gasteiger charge is -2.24. The molecule has 0 unspecified atom stereocenters. The van der Waals surface area contributed by atoms with Gasteiger partial charge in [-0.15, -0.1) is 0 Å². The number of esters is 1. The lowest BCUT2D eigenvalue weighted by atomic mass is 10.1. The van der Waals surface area contributed by atoms with Gasteiger partial charge in [0.15, 0.2) is 0 Å². The van der Waals surface area contributed by atoms with Gasteiger partial charge in [0.05, 0.1) is 0 Å². The van der Waals surface area contributed by atoms with E-state index in [9.17, 15) is 4.79 Å². The summed E-state index contributed by atoms with van der Waals surface area (Å²) in [6.45, 7) is 10.0. The minimum absolute atomic E-state index is 0.249. The van der Waals surface area contributed by atoms with E-state index in [4.69, 9.17) is 4.74 Å². The van der Waals surface area contributed by atoms with E-state index in [2.05, 4.69) is 36.9 Å². The Hall–Kier alpha value is -1.77. The largest absolute Gasteiger partial charge is 0.426 e. The van der Waals surface area contributed by atoms with E-state index in [0.717, 1.165) is 49.2 Å². The smallest absolute Gasteiger partial charge is 0.308 e. The zero-order chi connectivity index (χ0) is 15.4. The molecule has 0 amide bonds. The molecule has 1 aliphatic carbocycles. The highest BCUT2D eigenvalue weighted by atomic mass is 16.5. The fourth-order valence-electron chi connectivity index (χ4n) is 2.92. The normalized spacial score (nSPS) is 13.3. The van der Waals surface area contributed by atoms with Crippen molar-refractivity contribution in [2.75, 3.05) is 18.0 Å². The molecule has 3 nitrogen and oxygen atoms in total. The number of carbonyl (C=O) groups excluding carboxylic acids is 1. The van der Waals surface area contributed by atoms with Crippen molar-refractivity contribution in [1.82, 2.24) is 0 Å². The van der Waals surface area contributed by atoms with Crippen LogP contribution in [0.25, 0.3) is 5.76 Å². The maximum atomic E-state index is 11.3. The van der Waals surface area contributed by atoms with E-state index < -0.39 is 0 Å². The summed E-state index contributed by atoms with van der Waals surface area (Å²) in [7, 11) is 0. The number of carbonyl (C=O) groups is 1. The van der Waals surface area contributed by atoms with Crippen molar-refractivity contribution in [1.29, 1.82) is 0 Å². The molecule has 1 aromatic carbocycles. The minimum Gasteiger partial charge on any atom is -0.426 e. The van der Waals surface area contributed by atoms with Crippen LogP contribution in [0.15, 0.2) is 23.8 Å². The Labute approximate surface area is 127 Å². The summed E-state index contributed by atoms with van der Waals surface area (Å²) in [5, 5.41) is 0. The second-order valence-electron chi connectivity index (χ2n) is 5.71. The summed E-state index contributed by atoms with van der Waals surface area (Å²) in [6, 6.07) is 6.53. The first-order valence-corrected chi connectivity index (χ1v) is 7.83. The lowest BCUT2D eigenvalue weighted by molar-refractivity contribution is -0.134. The fourth-order valence-corrected chi connectivity index (χ4v) is 2.92. The number of nitrogens with zero attached hydrogens (tertiary/aromatic N) is 1. The predicted octanol–water partition coefficient (Wildman–Crippen LogP) is 4.16. The van der Waals surface area contributed by atoms with Crippen molar-refractivity contribution in [3.05, 3.63) is 34.9 Å². The van der Waals surface area contributed by atoms with Crippen LogP contribution < -0.4 is 4.90 Å². The third-order valence-corrected chi connectivity index (χ3v) is 3.78. The molecule has 0 heterocycles. The fraction of sp³-hybridized carbons (Fsp3) is 0.500. The first-order valence-electron chi connectivity index (χ1n) is 7.83. The maximum Gasteiger partial charge on any atom is 0.308 e. The van der Waals surface area contributed by atoms with Crippen molar-refractivity contribution in [2.45, 2.75) is 47.0 Å². The van der Waals surface area contributed by atoms with Gasteiger partial charge in [-0.05, 0) is 49.5 Å². The number of anilines is 1. The van der Waals surface area contributed by atoms with E-state index in [1.807, 2.05) is 6.92 Å². The summed E-state index contributed by atoms with van der Waals surface area (Å²) in [4.78, 5) is 13.7. The molecule has 0 fully saturated rings. The van der Waals surface area contributed by atoms with Gasteiger partial charge in [0.1, 0.15) is 5.76 Å². The quantitative estimate of drug-likeness (QED) is 0.736. The average molecular weight is 287 g/mol. The van der Waals surface area contributed by atoms with Crippen molar-refractivity contribution in [3.63, 3.8) is 0 Å². The van der Waals surface area contributed by atoms with E-state index >= 15 is 0 Å². The van der Waals surface area contributed by atoms with Gasteiger partial charge < -0.3 is 9.64 Å². The number of hydrogen-bond donors (Lipinski definition) is 0. The summed E-state index contributed by atoms with van der Waals surface area (Å²) in [5.74, 6) is 0.508. The van der Waals surface area contributed by atoms with Crippen LogP contribution >= 0.6 is 0 Å². The van der Waals surface area contributed by atoms with E-state index in [1.54, 1.807) is 0 Å². The second kappa shape index (κ2) is 6.79. The highest BCUT2D eigenvalue weighted by molar-refractivity contribution is 5.82. The maximum absolute atomic E-state index is 11.3. The highest BCUT2D eigenvalue weighted by Gasteiger charge is 2.22. The zero-order valence-corrected chi connectivity index (χ0v) is 13.5. The van der Waals surface area contributed by atoms with Crippen LogP contribution in [0.2, 0.25) is 0 Å². The van der Waals surface area contributed by atoms with Gasteiger partial charge in [0.25, 0.3) is 0 Å². The van der Waals surface area contributed by atoms with E-state index in [-0.39, 0.29) is 5.97 Å². The number of benzene rings is 1. The zero-order valence-electron chi connectivity index (χ0n) is 13.5. The van der Waals surface area contributed by atoms with Gasteiger partial charge in [-0.2, -0.15) is 0 Å². The molecular weight excluding hydrogens is 262 g/mol. The summed E-state index contributed by atoms with van der Waals surface area (Å²) in [5.41, 5.74) is 4.68. The third kappa shape index (κ3) is 3.46. The van der Waals surface area contributed by atoms with Crippen LogP contribution in [0.4, 0.5) is 5.69 Å². The molecule has 0 N–H and O–H groups in total. The van der Waals surface area contributed by atoms with Crippen LogP contribution in [0.5, 0.6) is 0 Å². The molecular formula is C18H25NO2. The Bertz CT molecular complexity index is 554. The molecule has 2 rings (SSSR count). The Morgan fingerprint density at radius 1 is 1.24 bits per heavy atom. The Morgan fingerprint density at radius 3 is 2.48 bits per heavy atom. The van der Waals surface area contributed by atoms with Gasteiger partial charge in [-0.3, -0.25) is 4.79 Å². The molecule has 1 aromatic rings. The molecule has 0 radical (unpaired) electrons. The molecule has 0 aliphatic heterocycles. The molecule has 0 saturated carbocycles. The van der Waals surface area contributed by atoms with Gasteiger partial charge in [0.2, 0.25) is 0 Å². The monoisotopic (exact) mass is 287 g/mol. The highest BCUT2D eigenvalue weighted by Crippen LogP contribution is 2.36. The number of hydrogen-bond acceptors (Lipinski definition) is 3. The Kier molecular flexibility index (Phi) is 5.05. The van der Waals surface area contributed by atoms with Gasteiger partial charge in [-0.25, -0.2) is 0 Å². The Balaban J connectivity index is 2.33. The van der Waals surface area contributed by atoms with Crippen molar-refractivity contribution in [2.24, 2.45) is 0 Å². The van der Waals surface area contributed by atoms with Crippen LogP contribution in [0, 0.1) is 0 Å². The van der Waals surface area contributed by atoms with Crippen molar-refractivity contribution in [3.8, 4) is 0 Å². The summed E-state index contributed by atoms with van der Waals surface area (Å²) in [6.07, 6.45) is 3.13. The number of allylic oxidation sites excluding steroid dienone is 1. The van der Waals surface area contributed by atoms with Crippen LogP contribution in [0.3, 0.4) is 0 Å². The van der Waals surface area contributed by atoms with E-state index in [1.165, 1.54) is 18.2 Å².